The molecule has 22 heavy (non-hydrogen) atoms. The van der Waals surface area contributed by atoms with Gasteiger partial charge in [0, 0.05) is 32.2 Å². The Labute approximate surface area is 134 Å². The van der Waals surface area contributed by atoms with E-state index in [-0.39, 0.29) is 0 Å². The van der Waals surface area contributed by atoms with Crippen molar-refractivity contribution < 1.29 is 5.11 Å². The van der Waals surface area contributed by atoms with E-state index in [1.165, 1.54) is 29.5 Å². The maximum absolute atomic E-state index is 9.72. The van der Waals surface area contributed by atoms with Crippen molar-refractivity contribution in [3.8, 4) is 0 Å². The lowest BCUT2D eigenvalue weighted by Gasteiger charge is -2.42. The average Bonchev–Trinajstić information content (AvgIpc) is 2.80. The summed E-state index contributed by atoms with van der Waals surface area (Å²) in [6.07, 6.45) is 2.46. The number of hydrogen-bond donors (Lipinski definition) is 1. The zero-order valence-electron chi connectivity index (χ0n) is 14.3. The van der Waals surface area contributed by atoms with E-state index >= 15 is 0 Å². The summed E-state index contributed by atoms with van der Waals surface area (Å²) in [7, 11) is 2.19. The molecule has 0 bridgehead atoms. The number of rotatable bonds is 3. The molecule has 3 rings (SSSR count). The summed E-state index contributed by atoms with van der Waals surface area (Å²) in [5.41, 5.74) is 4.58. The molecule has 1 spiro atoms. The molecular formula is C19H30N2O. The van der Waals surface area contributed by atoms with Crippen molar-refractivity contribution in [1.82, 2.24) is 9.80 Å². The Hall–Kier alpha value is -0.900. The van der Waals surface area contributed by atoms with E-state index in [4.69, 9.17) is 0 Å². The van der Waals surface area contributed by atoms with Gasteiger partial charge in [-0.15, -0.1) is 0 Å². The van der Waals surface area contributed by atoms with E-state index in [9.17, 15) is 5.11 Å². The lowest BCUT2D eigenvalue weighted by atomic mass is 9.71. The van der Waals surface area contributed by atoms with Gasteiger partial charge in [0.15, 0.2) is 0 Å². The largest absolute Gasteiger partial charge is 0.396 e. The van der Waals surface area contributed by atoms with E-state index < -0.39 is 0 Å². The Kier molecular flexibility index (Phi) is 4.58. The molecule has 1 aromatic carbocycles. The smallest absolute Gasteiger partial charge is 0.0477 e. The molecule has 2 heterocycles. The first-order valence-electron chi connectivity index (χ1n) is 8.60. The molecule has 1 atom stereocenters. The highest BCUT2D eigenvalue weighted by atomic mass is 16.3. The molecule has 0 saturated carbocycles. The van der Waals surface area contributed by atoms with E-state index in [0.717, 1.165) is 32.7 Å². The quantitative estimate of drug-likeness (QED) is 0.929. The summed E-state index contributed by atoms with van der Waals surface area (Å²) in [5, 5.41) is 9.72. The second kappa shape index (κ2) is 6.31. The van der Waals surface area contributed by atoms with Crippen molar-refractivity contribution in [2.45, 2.75) is 33.2 Å². The van der Waals surface area contributed by atoms with Gasteiger partial charge in [-0.2, -0.15) is 0 Å². The van der Waals surface area contributed by atoms with E-state index in [0.29, 0.717) is 17.9 Å². The molecular weight excluding hydrogens is 272 g/mol. The standard InChI is InChI=1S/C19H30N2O/c1-15-4-5-17(16(2)10-15)11-21-8-6-19(7-9-21)14-20(3)12-18(19)13-22/h4-5,10,18,22H,6-9,11-14H2,1-3H3. The summed E-state index contributed by atoms with van der Waals surface area (Å²) in [6, 6.07) is 6.80. The molecule has 3 nitrogen and oxygen atoms in total. The summed E-state index contributed by atoms with van der Waals surface area (Å²) in [4.78, 5) is 5.00. The molecule has 2 fully saturated rings. The van der Waals surface area contributed by atoms with Crippen molar-refractivity contribution in [3.05, 3.63) is 34.9 Å². The van der Waals surface area contributed by atoms with Crippen LogP contribution in [0.4, 0.5) is 0 Å². The third kappa shape index (κ3) is 3.08. The van der Waals surface area contributed by atoms with Gasteiger partial charge >= 0.3 is 0 Å². The van der Waals surface area contributed by atoms with Crippen LogP contribution < -0.4 is 0 Å². The SMILES string of the molecule is Cc1ccc(CN2CCC3(CC2)CN(C)CC3CO)c(C)c1. The maximum atomic E-state index is 9.72. The van der Waals surface area contributed by atoms with Crippen molar-refractivity contribution in [3.63, 3.8) is 0 Å². The lowest BCUT2D eigenvalue weighted by molar-refractivity contribution is 0.0488. The van der Waals surface area contributed by atoms with Gasteiger partial charge in [0.25, 0.3) is 0 Å². The number of nitrogens with zero attached hydrogens (tertiary/aromatic N) is 2. The van der Waals surface area contributed by atoms with E-state index in [1.807, 2.05) is 0 Å². The monoisotopic (exact) mass is 302 g/mol. The fourth-order valence-electron chi connectivity index (χ4n) is 4.54. The van der Waals surface area contributed by atoms with Crippen molar-refractivity contribution in [2.24, 2.45) is 11.3 Å². The molecule has 122 valence electrons. The van der Waals surface area contributed by atoms with Crippen LogP contribution in [0.25, 0.3) is 0 Å². The Balaban J connectivity index is 1.62. The molecule has 2 aliphatic rings. The van der Waals surface area contributed by atoms with Gasteiger partial charge in [-0.25, -0.2) is 0 Å². The highest BCUT2D eigenvalue weighted by Crippen LogP contribution is 2.44. The van der Waals surface area contributed by atoms with E-state index in [1.54, 1.807) is 0 Å². The number of aliphatic hydroxyl groups excluding tert-OH is 1. The zero-order valence-corrected chi connectivity index (χ0v) is 14.3. The van der Waals surface area contributed by atoms with Crippen molar-refractivity contribution in [2.75, 3.05) is 39.8 Å². The second-order valence-corrected chi connectivity index (χ2v) is 7.64. The van der Waals surface area contributed by atoms with Crippen molar-refractivity contribution in [1.29, 1.82) is 0 Å². The van der Waals surface area contributed by atoms with Crippen LogP contribution in [0, 0.1) is 25.2 Å². The molecule has 0 amide bonds. The number of benzene rings is 1. The number of piperidine rings is 1. The molecule has 0 aliphatic carbocycles. The maximum Gasteiger partial charge on any atom is 0.0477 e. The van der Waals surface area contributed by atoms with Crippen molar-refractivity contribution >= 4 is 0 Å². The highest BCUT2D eigenvalue weighted by Gasteiger charge is 2.46. The first-order valence-corrected chi connectivity index (χ1v) is 8.60. The number of hydrogen-bond acceptors (Lipinski definition) is 3. The Morgan fingerprint density at radius 3 is 2.59 bits per heavy atom. The lowest BCUT2D eigenvalue weighted by Crippen LogP contribution is -2.44. The predicted molar refractivity (Wildman–Crippen MR) is 90.9 cm³/mol. The highest BCUT2D eigenvalue weighted by molar-refractivity contribution is 5.30. The predicted octanol–water partition coefficient (Wildman–Crippen LogP) is 2.44. The molecule has 1 N–H and O–H groups in total. The molecule has 0 radical (unpaired) electrons. The van der Waals surface area contributed by atoms with Gasteiger partial charge in [0.2, 0.25) is 0 Å². The molecule has 2 aliphatic heterocycles. The summed E-state index contributed by atoms with van der Waals surface area (Å²) in [5.74, 6) is 0.473. The fraction of sp³-hybridized carbons (Fsp3) is 0.684. The summed E-state index contributed by atoms with van der Waals surface area (Å²) in [6.45, 7) is 10.4. The van der Waals surface area contributed by atoms with Gasteiger partial charge in [-0.1, -0.05) is 23.8 Å². The van der Waals surface area contributed by atoms with Crippen LogP contribution in [0.2, 0.25) is 0 Å². The third-order valence-electron chi connectivity index (χ3n) is 5.95. The summed E-state index contributed by atoms with van der Waals surface area (Å²) < 4.78 is 0. The fourth-order valence-corrected chi connectivity index (χ4v) is 4.54. The number of likely N-dealkylation sites (tertiary alicyclic amines) is 2. The molecule has 0 aromatic heterocycles. The Morgan fingerprint density at radius 2 is 1.95 bits per heavy atom. The number of aryl methyl sites for hydroxylation is 2. The van der Waals surface area contributed by atoms with Crippen LogP contribution in [0.5, 0.6) is 0 Å². The molecule has 2 saturated heterocycles. The Bertz CT molecular complexity index is 520. The molecule has 1 unspecified atom stereocenters. The first kappa shape index (κ1) is 16.0. The molecule has 3 heteroatoms. The third-order valence-corrected chi connectivity index (χ3v) is 5.95. The average molecular weight is 302 g/mol. The van der Waals surface area contributed by atoms with Gasteiger partial charge in [-0.05, 0) is 63.4 Å². The van der Waals surface area contributed by atoms with Gasteiger partial charge in [0.1, 0.15) is 0 Å². The van der Waals surface area contributed by atoms with Crippen LogP contribution in [0.3, 0.4) is 0 Å². The van der Waals surface area contributed by atoms with Crippen LogP contribution in [-0.2, 0) is 6.54 Å². The molecule has 1 aromatic rings. The van der Waals surface area contributed by atoms with Gasteiger partial charge in [0.05, 0.1) is 0 Å². The minimum Gasteiger partial charge on any atom is -0.396 e. The van der Waals surface area contributed by atoms with Crippen LogP contribution >= 0.6 is 0 Å². The van der Waals surface area contributed by atoms with E-state index in [2.05, 4.69) is 48.9 Å². The summed E-state index contributed by atoms with van der Waals surface area (Å²) >= 11 is 0. The van der Waals surface area contributed by atoms with Gasteiger partial charge < -0.3 is 10.0 Å². The van der Waals surface area contributed by atoms with Gasteiger partial charge in [-0.3, -0.25) is 4.90 Å². The Morgan fingerprint density at radius 1 is 1.23 bits per heavy atom. The number of aliphatic hydroxyl groups is 1. The van der Waals surface area contributed by atoms with Crippen LogP contribution in [-0.4, -0.2) is 54.7 Å². The minimum absolute atomic E-state index is 0.349. The topological polar surface area (TPSA) is 26.7 Å². The van der Waals surface area contributed by atoms with Crippen LogP contribution in [0.15, 0.2) is 18.2 Å². The second-order valence-electron chi connectivity index (χ2n) is 7.64. The first-order chi connectivity index (χ1) is 10.5. The normalized spacial score (nSPS) is 25.9. The minimum atomic E-state index is 0.349. The van der Waals surface area contributed by atoms with Crippen LogP contribution in [0.1, 0.15) is 29.5 Å². The zero-order chi connectivity index (χ0) is 15.7.